The molecule has 1 atom stereocenters. The van der Waals surface area contributed by atoms with Crippen LogP contribution in [0.4, 0.5) is 5.82 Å². The lowest BCUT2D eigenvalue weighted by molar-refractivity contribution is -0.145. The molecule has 2 amide bonds. The molecular weight excluding hydrogens is 242 g/mol. The van der Waals surface area contributed by atoms with Gasteiger partial charge in [0, 0.05) is 18.3 Å². The first-order chi connectivity index (χ1) is 9.08. The summed E-state index contributed by atoms with van der Waals surface area (Å²) in [5.41, 5.74) is 0.802. The number of carbonyl (C=O) groups excluding carboxylic acids is 2. The molecule has 1 aromatic rings. The summed E-state index contributed by atoms with van der Waals surface area (Å²) in [6.45, 7) is 4.48. The summed E-state index contributed by atoms with van der Waals surface area (Å²) >= 11 is 0. The van der Waals surface area contributed by atoms with Gasteiger partial charge in [0.15, 0.2) is 0 Å². The maximum Gasteiger partial charge on any atom is 0.315 e. The Morgan fingerprint density at radius 3 is 2.84 bits per heavy atom. The molecule has 0 aliphatic carbocycles. The fraction of sp³-hybridized carbons (Fsp3) is 0.500. The number of nitrogens with zero attached hydrogens (tertiary/aromatic N) is 2. The fourth-order valence-corrected chi connectivity index (χ4v) is 2.31. The van der Waals surface area contributed by atoms with Crippen LogP contribution in [0.1, 0.15) is 31.9 Å². The van der Waals surface area contributed by atoms with Crippen LogP contribution in [0.3, 0.4) is 0 Å². The van der Waals surface area contributed by atoms with Gasteiger partial charge in [-0.3, -0.25) is 9.59 Å². The molecule has 1 aromatic heterocycles. The summed E-state index contributed by atoms with van der Waals surface area (Å²) in [5, 5.41) is 2.56. The number of anilines is 1. The Hall–Kier alpha value is -1.91. The molecule has 5 nitrogen and oxygen atoms in total. The molecule has 0 spiro atoms. The third kappa shape index (κ3) is 3.30. The molecule has 1 saturated heterocycles. The second-order valence-corrected chi connectivity index (χ2v) is 4.96. The van der Waals surface area contributed by atoms with Crippen molar-refractivity contribution >= 4 is 17.6 Å². The normalized spacial score (nSPS) is 19.1. The van der Waals surface area contributed by atoms with Crippen LogP contribution in [0, 0.1) is 6.92 Å². The highest BCUT2D eigenvalue weighted by Gasteiger charge is 2.28. The molecule has 2 rings (SSSR count). The van der Waals surface area contributed by atoms with Gasteiger partial charge in [0.25, 0.3) is 0 Å². The number of likely N-dealkylation sites (tertiary alicyclic amines) is 1. The summed E-state index contributed by atoms with van der Waals surface area (Å²) in [5.74, 6) is -0.648. The van der Waals surface area contributed by atoms with E-state index in [0.29, 0.717) is 12.4 Å². The zero-order valence-electron chi connectivity index (χ0n) is 11.3. The molecule has 1 fully saturated rings. The highest BCUT2D eigenvalue weighted by Crippen LogP contribution is 2.16. The van der Waals surface area contributed by atoms with E-state index in [1.807, 2.05) is 19.9 Å². The van der Waals surface area contributed by atoms with Gasteiger partial charge in [-0.2, -0.15) is 0 Å². The number of aromatic nitrogens is 1. The predicted molar refractivity (Wildman–Crippen MR) is 72.6 cm³/mol. The highest BCUT2D eigenvalue weighted by atomic mass is 16.2. The van der Waals surface area contributed by atoms with Crippen molar-refractivity contribution in [3.63, 3.8) is 0 Å². The van der Waals surface area contributed by atoms with E-state index >= 15 is 0 Å². The van der Waals surface area contributed by atoms with E-state index in [1.165, 1.54) is 0 Å². The number of hydrogen-bond acceptors (Lipinski definition) is 3. The summed E-state index contributed by atoms with van der Waals surface area (Å²) in [4.78, 5) is 29.8. The SMILES string of the molecule is Cc1cccc(NC(=O)C(=O)N2CCCCC2C)n1. The number of aryl methyl sites for hydroxylation is 1. The molecule has 1 unspecified atom stereocenters. The van der Waals surface area contributed by atoms with Crippen LogP contribution in [0.15, 0.2) is 18.2 Å². The summed E-state index contributed by atoms with van der Waals surface area (Å²) < 4.78 is 0. The van der Waals surface area contributed by atoms with Crippen LogP contribution in [0.25, 0.3) is 0 Å². The first-order valence-electron chi connectivity index (χ1n) is 6.63. The molecule has 1 aliphatic heterocycles. The van der Waals surface area contributed by atoms with E-state index in [-0.39, 0.29) is 6.04 Å². The van der Waals surface area contributed by atoms with Gasteiger partial charge in [-0.15, -0.1) is 0 Å². The smallest absolute Gasteiger partial charge is 0.315 e. The molecule has 5 heteroatoms. The van der Waals surface area contributed by atoms with Crippen molar-refractivity contribution < 1.29 is 9.59 Å². The van der Waals surface area contributed by atoms with Gasteiger partial charge in [-0.1, -0.05) is 6.07 Å². The Kier molecular flexibility index (Phi) is 4.14. The minimum Gasteiger partial charge on any atom is -0.332 e. The average molecular weight is 261 g/mol. The third-order valence-electron chi connectivity index (χ3n) is 3.39. The Labute approximate surface area is 113 Å². The van der Waals surface area contributed by atoms with Crippen molar-refractivity contribution in [2.45, 2.75) is 39.2 Å². The zero-order valence-corrected chi connectivity index (χ0v) is 11.3. The van der Waals surface area contributed by atoms with Crippen LogP contribution in [-0.4, -0.2) is 34.3 Å². The number of hydrogen-bond donors (Lipinski definition) is 1. The van der Waals surface area contributed by atoms with Crippen LogP contribution in [0.2, 0.25) is 0 Å². The van der Waals surface area contributed by atoms with Crippen molar-refractivity contribution in [1.82, 2.24) is 9.88 Å². The van der Waals surface area contributed by atoms with Gasteiger partial charge in [-0.05, 0) is 45.2 Å². The molecule has 102 valence electrons. The van der Waals surface area contributed by atoms with E-state index in [2.05, 4.69) is 10.3 Å². The van der Waals surface area contributed by atoms with Crippen molar-refractivity contribution in [1.29, 1.82) is 0 Å². The Morgan fingerprint density at radius 1 is 1.37 bits per heavy atom. The molecule has 0 bridgehead atoms. The molecule has 19 heavy (non-hydrogen) atoms. The second kappa shape index (κ2) is 5.82. The number of amides is 2. The van der Waals surface area contributed by atoms with E-state index in [9.17, 15) is 9.59 Å². The van der Waals surface area contributed by atoms with Crippen LogP contribution >= 0.6 is 0 Å². The van der Waals surface area contributed by atoms with Crippen molar-refractivity contribution in [2.75, 3.05) is 11.9 Å². The predicted octanol–water partition coefficient (Wildman–Crippen LogP) is 1.73. The maximum atomic E-state index is 12.1. The van der Waals surface area contributed by atoms with E-state index in [1.54, 1.807) is 17.0 Å². The Morgan fingerprint density at radius 2 is 2.16 bits per heavy atom. The molecule has 0 saturated carbocycles. The monoisotopic (exact) mass is 261 g/mol. The standard InChI is InChI=1S/C14H19N3O2/c1-10-6-5-8-12(15-10)16-13(18)14(19)17-9-4-3-7-11(17)2/h5-6,8,11H,3-4,7,9H2,1-2H3,(H,15,16,18). The average Bonchev–Trinajstić information content (AvgIpc) is 2.38. The largest absolute Gasteiger partial charge is 0.332 e. The lowest BCUT2D eigenvalue weighted by Crippen LogP contribution is -2.47. The highest BCUT2D eigenvalue weighted by molar-refractivity contribution is 6.39. The van der Waals surface area contributed by atoms with Crippen molar-refractivity contribution in [2.24, 2.45) is 0 Å². The first-order valence-corrected chi connectivity index (χ1v) is 6.63. The molecule has 2 heterocycles. The lowest BCUT2D eigenvalue weighted by Gasteiger charge is -2.32. The maximum absolute atomic E-state index is 12.1. The van der Waals surface area contributed by atoms with Crippen molar-refractivity contribution in [3.05, 3.63) is 23.9 Å². The van der Waals surface area contributed by atoms with E-state index < -0.39 is 11.8 Å². The molecule has 0 aromatic carbocycles. The summed E-state index contributed by atoms with van der Waals surface area (Å²) in [6.07, 6.45) is 3.04. The number of nitrogens with one attached hydrogen (secondary N) is 1. The van der Waals surface area contributed by atoms with E-state index in [0.717, 1.165) is 25.0 Å². The fourth-order valence-electron chi connectivity index (χ4n) is 2.31. The van der Waals surface area contributed by atoms with Crippen molar-refractivity contribution in [3.8, 4) is 0 Å². The van der Waals surface area contributed by atoms with E-state index in [4.69, 9.17) is 0 Å². The topological polar surface area (TPSA) is 62.3 Å². The summed E-state index contributed by atoms with van der Waals surface area (Å²) in [7, 11) is 0. The van der Waals surface area contributed by atoms with Gasteiger partial charge >= 0.3 is 11.8 Å². The number of rotatable bonds is 1. The lowest BCUT2D eigenvalue weighted by atomic mass is 10.0. The molecule has 1 N–H and O–H groups in total. The van der Waals surface area contributed by atoms with Gasteiger partial charge in [-0.25, -0.2) is 4.98 Å². The quantitative estimate of drug-likeness (QED) is 0.783. The van der Waals surface area contributed by atoms with Gasteiger partial charge in [0.05, 0.1) is 0 Å². The molecular formula is C14H19N3O2. The minimum absolute atomic E-state index is 0.137. The summed E-state index contributed by atoms with van der Waals surface area (Å²) in [6, 6.07) is 5.45. The van der Waals surface area contributed by atoms with Gasteiger partial charge in [0.2, 0.25) is 0 Å². The number of piperidine rings is 1. The third-order valence-corrected chi connectivity index (χ3v) is 3.39. The molecule has 0 radical (unpaired) electrons. The second-order valence-electron chi connectivity index (χ2n) is 4.96. The Balaban J connectivity index is 2.01. The van der Waals surface area contributed by atoms with Crippen LogP contribution in [-0.2, 0) is 9.59 Å². The molecule has 1 aliphatic rings. The zero-order chi connectivity index (χ0) is 13.8. The van der Waals surface area contributed by atoms with Crippen LogP contribution < -0.4 is 5.32 Å². The van der Waals surface area contributed by atoms with Crippen LogP contribution in [0.5, 0.6) is 0 Å². The first kappa shape index (κ1) is 13.5. The number of carbonyl (C=O) groups is 2. The van der Waals surface area contributed by atoms with Gasteiger partial charge in [0.1, 0.15) is 5.82 Å². The Bertz CT molecular complexity index is 487. The minimum atomic E-state index is -0.605. The number of pyridine rings is 1. The van der Waals surface area contributed by atoms with Gasteiger partial charge < -0.3 is 10.2 Å².